The minimum absolute atomic E-state index is 0.285. The van der Waals surface area contributed by atoms with Crippen molar-refractivity contribution in [3.63, 3.8) is 0 Å². The van der Waals surface area contributed by atoms with Crippen LogP contribution in [0.25, 0.3) is 6.08 Å². The van der Waals surface area contributed by atoms with Crippen LogP contribution in [0.15, 0.2) is 35.0 Å². The maximum Gasteiger partial charge on any atom is 0.409 e. The lowest BCUT2D eigenvalue weighted by Gasteiger charge is -2.33. The highest BCUT2D eigenvalue weighted by Gasteiger charge is 2.25. The number of furan rings is 1. The van der Waals surface area contributed by atoms with Crippen molar-refractivity contribution in [2.24, 2.45) is 0 Å². The number of aryl methyl sites for hydroxylation is 1. The number of amides is 2. The average Bonchev–Trinajstić information content (AvgIpc) is 3.40. The number of hydrogen-bond donors (Lipinski definition) is 0. The first-order valence-electron chi connectivity index (χ1n) is 10.6. The molecule has 1 saturated heterocycles. The van der Waals surface area contributed by atoms with Gasteiger partial charge in [-0.1, -0.05) is 0 Å². The number of piperazine rings is 1. The van der Waals surface area contributed by atoms with E-state index in [1.165, 1.54) is 6.08 Å². The van der Waals surface area contributed by atoms with E-state index in [-0.39, 0.29) is 18.6 Å². The monoisotopic (exact) mass is 443 g/mol. The van der Waals surface area contributed by atoms with E-state index in [2.05, 4.69) is 4.57 Å². The van der Waals surface area contributed by atoms with E-state index < -0.39 is 5.97 Å². The molecule has 0 N–H and O–H groups in total. The summed E-state index contributed by atoms with van der Waals surface area (Å²) in [6.45, 7) is 7.86. The molecule has 1 fully saturated rings. The topological polar surface area (TPSA) is 94.2 Å². The van der Waals surface area contributed by atoms with E-state index in [4.69, 9.17) is 13.9 Å². The van der Waals surface area contributed by atoms with Crippen LogP contribution in [0, 0.1) is 13.8 Å². The van der Waals surface area contributed by atoms with Gasteiger partial charge >= 0.3 is 12.1 Å². The van der Waals surface area contributed by atoms with Crippen molar-refractivity contribution in [1.82, 2.24) is 14.4 Å². The van der Waals surface area contributed by atoms with E-state index in [1.54, 1.807) is 29.1 Å². The quantitative estimate of drug-likeness (QED) is 0.482. The number of carbonyl (C=O) groups excluding carboxylic acids is 3. The smallest absolute Gasteiger partial charge is 0.409 e. The van der Waals surface area contributed by atoms with Crippen LogP contribution < -0.4 is 0 Å². The molecule has 1 aliphatic heterocycles. The highest BCUT2D eigenvalue weighted by atomic mass is 16.6. The standard InChI is InChI=1S/C23H29N3O6/c1-4-30-23(29)25-11-9-24(10-12-25)21(27)16-32-22(28)8-7-19-14-17(2)26(18(19)3)15-20-6-5-13-31-20/h5-8,13-14H,4,9-12,15-16H2,1-3H3/b8-7+. The van der Waals surface area contributed by atoms with Crippen molar-refractivity contribution in [1.29, 1.82) is 0 Å². The van der Waals surface area contributed by atoms with Crippen LogP contribution in [-0.2, 0) is 25.6 Å². The second-order valence-electron chi connectivity index (χ2n) is 7.50. The van der Waals surface area contributed by atoms with Crippen LogP contribution in [0.1, 0.15) is 29.6 Å². The third-order valence-electron chi connectivity index (χ3n) is 5.40. The summed E-state index contributed by atoms with van der Waals surface area (Å²) in [5, 5.41) is 0. The van der Waals surface area contributed by atoms with Gasteiger partial charge in [0, 0.05) is 43.6 Å². The molecule has 1 aliphatic rings. The van der Waals surface area contributed by atoms with Crippen LogP contribution in [0.5, 0.6) is 0 Å². The third-order valence-corrected chi connectivity index (χ3v) is 5.40. The molecule has 0 aliphatic carbocycles. The van der Waals surface area contributed by atoms with E-state index >= 15 is 0 Å². The number of nitrogens with zero attached hydrogens (tertiary/aromatic N) is 3. The summed E-state index contributed by atoms with van der Waals surface area (Å²) < 4.78 is 17.6. The lowest BCUT2D eigenvalue weighted by molar-refractivity contribution is -0.148. The molecule has 0 unspecified atom stereocenters. The molecule has 3 heterocycles. The Morgan fingerprint density at radius 1 is 1.09 bits per heavy atom. The molecule has 0 spiro atoms. The molecular formula is C23H29N3O6. The van der Waals surface area contributed by atoms with E-state index in [9.17, 15) is 14.4 Å². The van der Waals surface area contributed by atoms with Gasteiger partial charge in [-0.3, -0.25) is 4.79 Å². The molecule has 172 valence electrons. The summed E-state index contributed by atoms with van der Waals surface area (Å²) in [5.74, 6) is -0.0189. The molecule has 9 nitrogen and oxygen atoms in total. The first kappa shape index (κ1) is 23.2. The maximum atomic E-state index is 12.3. The van der Waals surface area contributed by atoms with Gasteiger partial charge in [0.05, 0.1) is 19.4 Å². The first-order valence-corrected chi connectivity index (χ1v) is 10.6. The lowest BCUT2D eigenvalue weighted by atomic mass is 10.2. The van der Waals surface area contributed by atoms with Crippen molar-refractivity contribution in [3.8, 4) is 0 Å². The Bertz CT molecular complexity index is 968. The fraction of sp³-hybridized carbons (Fsp3) is 0.435. The molecule has 0 bridgehead atoms. The lowest BCUT2D eigenvalue weighted by Crippen LogP contribution is -2.51. The van der Waals surface area contributed by atoms with Crippen molar-refractivity contribution in [2.45, 2.75) is 27.3 Å². The van der Waals surface area contributed by atoms with Crippen molar-refractivity contribution in [2.75, 3.05) is 39.4 Å². The molecular weight excluding hydrogens is 414 g/mol. The van der Waals surface area contributed by atoms with Gasteiger partial charge in [0.25, 0.3) is 5.91 Å². The Morgan fingerprint density at radius 3 is 2.47 bits per heavy atom. The fourth-order valence-corrected chi connectivity index (χ4v) is 3.58. The predicted molar refractivity (Wildman–Crippen MR) is 117 cm³/mol. The summed E-state index contributed by atoms with van der Waals surface area (Å²) in [7, 11) is 0. The first-order chi connectivity index (χ1) is 15.4. The normalized spacial score (nSPS) is 14.1. The van der Waals surface area contributed by atoms with Crippen LogP contribution in [-0.4, -0.2) is 71.7 Å². The van der Waals surface area contributed by atoms with Gasteiger partial charge in [-0.2, -0.15) is 0 Å². The number of aromatic nitrogens is 1. The summed E-state index contributed by atoms with van der Waals surface area (Å²) in [5.41, 5.74) is 2.94. The molecule has 32 heavy (non-hydrogen) atoms. The highest BCUT2D eigenvalue weighted by molar-refractivity contribution is 5.89. The second kappa shape index (κ2) is 10.7. The van der Waals surface area contributed by atoms with Crippen LogP contribution in [0.2, 0.25) is 0 Å². The molecule has 3 rings (SSSR count). The Kier molecular flexibility index (Phi) is 7.75. The van der Waals surface area contributed by atoms with Crippen LogP contribution in [0.3, 0.4) is 0 Å². The fourth-order valence-electron chi connectivity index (χ4n) is 3.58. The van der Waals surface area contributed by atoms with Gasteiger partial charge in [-0.05, 0) is 50.6 Å². The molecule has 0 saturated carbocycles. The largest absolute Gasteiger partial charge is 0.467 e. The van der Waals surface area contributed by atoms with E-state index in [1.807, 2.05) is 32.0 Å². The van der Waals surface area contributed by atoms with Crippen molar-refractivity contribution >= 4 is 24.0 Å². The van der Waals surface area contributed by atoms with Gasteiger partial charge in [0.15, 0.2) is 6.61 Å². The molecule has 0 radical (unpaired) electrons. The maximum absolute atomic E-state index is 12.3. The number of esters is 1. The number of rotatable bonds is 7. The third kappa shape index (κ3) is 5.81. The number of hydrogen-bond acceptors (Lipinski definition) is 6. The van der Waals surface area contributed by atoms with Gasteiger partial charge in [0.1, 0.15) is 5.76 Å². The Balaban J connectivity index is 1.47. The molecule has 2 aromatic rings. The van der Waals surface area contributed by atoms with Gasteiger partial charge < -0.3 is 28.3 Å². The summed E-state index contributed by atoms with van der Waals surface area (Å²) in [4.78, 5) is 39.3. The summed E-state index contributed by atoms with van der Waals surface area (Å²) in [6, 6.07) is 5.75. The highest BCUT2D eigenvalue weighted by Crippen LogP contribution is 2.18. The zero-order chi connectivity index (χ0) is 23.1. The predicted octanol–water partition coefficient (Wildman–Crippen LogP) is 2.60. The molecule has 0 aromatic carbocycles. The van der Waals surface area contributed by atoms with Crippen molar-refractivity contribution < 1.29 is 28.3 Å². The van der Waals surface area contributed by atoms with Gasteiger partial charge in [-0.15, -0.1) is 0 Å². The minimum atomic E-state index is -0.584. The average molecular weight is 444 g/mol. The summed E-state index contributed by atoms with van der Waals surface area (Å²) >= 11 is 0. The minimum Gasteiger partial charge on any atom is -0.467 e. The van der Waals surface area contributed by atoms with E-state index in [0.29, 0.717) is 39.3 Å². The Hall–Kier alpha value is -3.49. The SMILES string of the molecule is CCOC(=O)N1CCN(C(=O)COC(=O)/C=C/c2cc(C)n(Cc3ccco3)c2C)CC1. The number of ether oxygens (including phenoxy) is 2. The summed E-state index contributed by atoms with van der Waals surface area (Å²) in [6.07, 6.45) is 4.28. The van der Waals surface area contributed by atoms with E-state index in [0.717, 1.165) is 22.7 Å². The van der Waals surface area contributed by atoms with Gasteiger partial charge in [-0.25, -0.2) is 9.59 Å². The van der Waals surface area contributed by atoms with Gasteiger partial charge in [0.2, 0.25) is 0 Å². The van der Waals surface area contributed by atoms with Crippen LogP contribution >= 0.6 is 0 Å². The van der Waals surface area contributed by atoms with Crippen molar-refractivity contribution in [3.05, 3.63) is 53.2 Å². The Labute approximate surface area is 187 Å². The molecule has 2 aromatic heterocycles. The molecule has 0 atom stereocenters. The molecule has 9 heteroatoms. The molecule has 2 amide bonds. The second-order valence-corrected chi connectivity index (χ2v) is 7.50. The Morgan fingerprint density at radius 2 is 1.81 bits per heavy atom. The number of carbonyl (C=O) groups is 3. The van der Waals surface area contributed by atoms with Crippen LogP contribution in [0.4, 0.5) is 4.79 Å². The zero-order valence-electron chi connectivity index (χ0n) is 18.7. The zero-order valence-corrected chi connectivity index (χ0v) is 18.7.